The highest BCUT2D eigenvalue weighted by Gasteiger charge is 2.34. The van der Waals surface area contributed by atoms with E-state index in [1.54, 1.807) is 6.92 Å². The molecular formula is C10H15NO2S. The fourth-order valence-corrected chi connectivity index (χ4v) is 1.44. The van der Waals surface area contributed by atoms with Crippen molar-refractivity contribution < 1.29 is 9.53 Å². The van der Waals surface area contributed by atoms with Crippen LogP contribution in [0.2, 0.25) is 0 Å². The lowest BCUT2D eigenvalue weighted by molar-refractivity contribution is -0.155. The van der Waals surface area contributed by atoms with Crippen molar-refractivity contribution in [1.82, 2.24) is 5.32 Å². The number of rotatable bonds is 2. The average molecular weight is 213 g/mol. The number of carbonyl (C=O) groups excluding carboxylic acids is 1. The highest BCUT2D eigenvalue weighted by atomic mass is 32.1. The molecule has 1 heterocycles. The number of piperidine rings is 1. The number of ether oxygens (including phenoxy) is 1. The van der Waals surface area contributed by atoms with E-state index >= 15 is 0 Å². The molecule has 1 aliphatic rings. The third-order valence-corrected chi connectivity index (χ3v) is 2.52. The predicted octanol–water partition coefficient (Wildman–Crippen LogP) is 0.603. The van der Waals surface area contributed by atoms with Crippen LogP contribution in [0.1, 0.15) is 19.8 Å². The van der Waals surface area contributed by atoms with Gasteiger partial charge in [-0.1, -0.05) is 5.92 Å². The molecule has 3 nitrogen and oxygen atoms in total. The van der Waals surface area contributed by atoms with Gasteiger partial charge >= 0.3 is 5.97 Å². The number of terminal acetylenes is 1. The molecule has 0 amide bonds. The topological polar surface area (TPSA) is 38.3 Å². The molecule has 0 spiro atoms. The smallest absolute Gasteiger partial charge is 0.320 e. The van der Waals surface area contributed by atoms with Crippen LogP contribution in [0.3, 0.4) is 0 Å². The van der Waals surface area contributed by atoms with Gasteiger partial charge in [0.2, 0.25) is 0 Å². The number of carbonyl (C=O) groups is 1. The summed E-state index contributed by atoms with van der Waals surface area (Å²) in [5.74, 6) is 2.25. The number of nitrogens with one attached hydrogen (secondary N) is 1. The van der Waals surface area contributed by atoms with E-state index in [9.17, 15) is 4.79 Å². The molecule has 0 aromatic rings. The SMILES string of the molecule is C#CC1(OC(=O)C(C)S)CCNCC1. The van der Waals surface area contributed by atoms with Gasteiger partial charge in [0.25, 0.3) is 0 Å². The second kappa shape index (κ2) is 4.72. The van der Waals surface area contributed by atoms with Crippen LogP contribution < -0.4 is 5.32 Å². The van der Waals surface area contributed by atoms with Gasteiger partial charge in [-0.2, -0.15) is 12.6 Å². The van der Waals surface area contributed by atoms with Crippen LogP contribution in [0.25, 0.3) is 0 Å². The molecule has 0 bridgehead atoms. The van der Waals surface area contributed by atoms with Gasteiger partial charge in [0, 0.05) is 12.8 Å². The molecule has 1 aliphatic heterocycles. The van der Waals surface area contributed by atoms with Crippen LogP contribution in [-0.4, -0.2) is 29.9 Å². The normalized spacial score (nSPS) is 22.1. The molecule has 1 atom stereocenters. The summed E-state index contributed by atoms with van der Waals surface area (Å²) < 4.78 is 5.30. The van der Waals surface area contributed by atoms with Crippen LogP contribution >= 0.6 is 12.6 Å². The van der Waals surface area contributed by atoms with Gasteiger partial charge < -0.3 is 10.1 Å². The average Bonchev–Trinajstić information content (AvgIpc) is 2.19. The van der Waals surface area contributed by atoms with Crippen LogP contribution in [0.15, 0.2) is 0 Å². The van der Waals surface area contributed by atoms with Crippen molar-refractivity contribution in [2.45, 2.75) is 30.6 Å². The second-order valence-electron chi connectivity index (χ2n) is 3.49. The number of thiol groups is 1. The summed E-state index contributed by atoms with van der Waals surface area (Å²) in [7, 11) is 0. The van der Waals surface area contributed by atoms with E-state index in [0.717, 1.165) is 13.1 Å². The van der Waals surface area contributed by atoms with Gasteiger partial charge in [0.1, 0.15) is 0 Å². The number of esters is 1. The summed E-state index contributed by atoms with van der Waals surface area (Å²) in [6.45, 7) is 3.26. The molecule has 0 aromatic heterocycles. The van der Waals surface area contributed by atoms with Crippen molar-refractivity contribution in [3.8, 4) is 12.3 Å². The van der Waals surface area contributed by atoms with Gasteiger partial charge in [-0.15, -0.1) is 6.42 Å². The van der Waals surface area contributed by atoms with E-state index in [2.05, 4.69) is 23.9 Å². The second-order valence-corrected chi connectivity index (χ2v) is 4.26. The molecule has 0 saturated carbocycles. The maximum absolute atomic E-state index is 11.4. The van der Waals surface area contributed by atoms with Gasteiger partial charge in [0.15, 0.2) is 5.60 Å². The van der Waals surface area contributed by atoms with E-state index < -0.39 is 10.9 Å². The largest absolute Gasteiger partial charge is 0.445 e. The summed E-state index contributed by atoms with van der Waals surface area (Å²) in [5, 5.41) is 2.75. The number of hydrogen-bond acceptors (Lipinski definition) is 4. The molecule has 1 saturated heterocycles. The Labute approximate surface area is 90.0 Å². The van der Waals surface area contributed by atoms with E-state index in [1.165, 1.54) is 0 Å². The van der Waals surface area contributed by atoms with Crippen molar-refractivity contribution >= 4 is 18.6 Å². The Morgan fingerprint density at radius 3 is 2.64 bits per heavy atom. The quantitative estimate of drug-likeness (QED) is 0.401. The zero-order chi connectivity index (χ0) is 10.6. The summed E-state index contributed by atoms with van der Waals surface area (Å²) >= 11 is 4.01. The molecule has 1 unspecified atom stereocenters. The van der Waals surface area contributed by atoms with Crippen molar-refractivity contribution in [3.05, 3.63) is 0 Å². The van der Waals surface area contributed by atoms with Crippen LogP contribution in [-0.2, 0) is 9.53 Å². The third kappa shape index (κ3) is 2.66. The lowest BCUT2D eigenvalue weighted by Crippen LogP contribution is -2.45. The molecule has 0 aromatic carbocycles. The van der Waals surface area contributed by atoms with Gasteiger partial charge in [-0.05, 0) is 20.0 Å². The van der Waals surface area contributed by atoms with E-state index in [-0.39, 0.29) is 5.97 Å². The van der Waals surface area contributed by atoms with Gasteiger partial charge in [-0.3, -0.25) is 4.79 Å². The maximum atomic E-state index is 11.4. The Hall–Kier alpha value is -0.660. The fraction of sp³-hybridized carbons (Fsp3) is 0.700. The Morgan fingerprint density at radius 2 is 2.21 bits per heavy atom. The molecule has 78 valence electrons. The molecule has 0 aliphatic carbocycles. The standard InChI is InChI=1S/C10H15NO2S/c1-3-10(4-6-11-7-5-10)13-9(12)8(2)14/h1,8,11,14H,4-7H2,2H3. The lowest BCUT2D eigenvalue weighted by atomic mass is 9.93. The molecule has 14 heavy (non-hydrogen) atoms. The minimum atomic E-state index is -0.709. The zero-order valence-electron chi connectivity index (χ0n) is 8.25. The Kier molecular flexibility index (Phi) is 3.85. The molecule has 0 radical (unpaired) electrons. The molecule has 1 rings (SSSR count). The predicted molar refractivity (Wildman–Crippen MR) is 58.2 cm³/mol. The first kappa shape index (κ1) is 11.4. The first-order valence-electron chi connectivity index (χ1n) is 4.69. The van der Waals surface area contributed by atoms with E-state index in [1.807, 2.05) is 0 Å². The summed E-state index contributed by atoms with van der Waals surface area (Å²) in [5.41, 5.74) is -0.709. The summed E-state index contributed by atoms with van der Waals surface area (Å²) in [6.07, 6.45) is 6.76. The van der Waals surface area contributed by atoms with Crippen LogP contribution in [0, 0.1) is 12.3 Å². The number of hydrogen-bond donors (Lipinski definition) is 2. The summed E-state index contributed by atoms with van der Waals surface area (Å²) in [6, 6.07) is 0. The van der Waals surface area contributed by atoms with Crippen LogP contribution in [0.4, 0.5) is 0 Å². The monoisotopic (exact) mass is 213 g/mol. The first-order chi connectivity index (χ1) is 6.59. The molecule has 1 N–H and O–H groups in total. The highest BCUT2D eigenvalue weighted by molar-refractivity contribution is 7.81. The van der Waals surface area contributed by atoms with Crippen molar-refractivity contribution in [1.29, 1.82) is 0 Å². The Morgan fingerprint density at radius 1 is 1.64 bits per heavy atom. The molecular weight excluding hydrogens is 198 g/mol. The minimum Gasteiger partial charge on any atom is -0.445 e. The van der Waals surface area contributed by atoms with E-state index in [0.29, 0.717) is 12.8 Å². The van der Waals surface area contributed by atoms with Crippen molar-refractivity contribution in [3.63, 3.8) is 0 Å². The Bertz CT molecular complexity index is 251. The third-order valence-electron chi connectivity index (χ3n) is 2.31. The van der Waals surface area contributed by atoms with Crippen LogP contribution in [0.5, 0.6) is 0 Å². The first-order valence-corrected chi connectivity index (χ1v) is 5.21. The molecule has 1 fully saturated rings. The van der Waals surface area contributed by atoms with Gasteiger partial charge in [0.05, 0.1) is 5.25 Å². The lowest BCUT2D eigenvalue weighted by Gasteiger charge is -2.32. The molecule has 4 heteroatoms. The highest BCUT2D eigenvalue weighted by Crippen LogP contribution is 2.23. The zero-order valence-corrected chi connectivity index (χ0v) is 9.14. The maximum Gasteiger partial charge on any atom is 0.320 e. The fourth-order valence-electron chi connectivity index (χ4n) is 1.38. The minimum absolute atomic E-state index is 0.340. The van der Waals surface area contributed by atoms with Crippen molar-refractivity contribution in [2.75, 3.05) is 13.1 Å². The van der Waals surface area contributed by atoms with Crippen molar-refractivity contribution in [2.24, 2.45) is 0 Å². The van der Waals surface area contributed by atoms with E-state index in [4.69, 9.17) is 11.2 Å². The summed E-state index contributed by atoms with van der Waals surface area (Å²) in [4.78, 5) is 11.4. The van der Waals surface area contributed by atoms with Gasteiger partial charge in [-0.25, -0.2) is 0 Å². The Balaban J connectivity index is 2.62.